The maximum atomic E-state index is 15.4. The molecule has 2 atom stereocenters. The predicted octanol–water partition coefficient (Wildman–Crippen LogP) is 15.6. The van der Waals surface area contributed by atoms with E-state index < -0.39 is 42.7 Å². The Bertz CT molecular complexity index is 2360. The van der Waals surface area contributed by atoms with Gasteiger partial charge in [-0.3, -0.25) is 9.36 Å². The predicted molar refractivity (Wildman–Crippen MR) is 260 cm³/mol. The molecule has 14 heteroatoms. The van der Waals surface area contributed by atoms with Crippen LogP contribution >= 0.6 is 7.60 Å². The first-order valence-electron chi connectivity index (χ1n) is 23.7. The zero-order chi connectivity index (χ0) is 49.2. The number of hydrogen-bond donors (Lipinski definition) is 1. The molecule has 1 N–H and O–H groups in total. The molecular weight excluding hydrogens is 898 g/mol. The van der Waals surface area contributed by atoms with Gasteiger partial charge in [-0.25, -0.2) is 4.79 Å². The quantitative estimate of drug-likeness (QED) is 0.0240. The zero-order valence-electron chi connectivity index (χ0n) is 39.4. The number of unbranched alkanes of at least 4 members (excludes halogenated alkanes) is 10. The number of benzene rings is 5. The smallest absolute Gasteiger partial charge is 0.411 e. The van der Waals surface area contributed by atoms with Crippen LogP contribution < -0.4 is 14.5 Å². The standard InChI is InChI=1S/C54H64F4NO8P/c1-5-8-10-12-14-16-38-64-49-34-26-43(27-35-49)41-18-22-45(23-19-41)51(60)59(48-32-30-47(31-33-48)53(55,56)54(57,58)68(62,63)67-40(4)7-3)66-52(61)46-24-20-42(21-25-46)44-28-36-50(37-29-44)65-39-17-15-13-11-9-6-2/h18-37,40H,5-17,38-39H2,1-4H3,(H,62,63). The normalized spacial score (nSPS) is 13.1. The second-order valence-corrected chi connectivity index (χ2v) is 18.7. The number of amides is 1. The fourth-order valence-corrected chi connectivity index (χ4v) is 8.50. The van der Waals surface area contributed by atoms with Gasteiger partial charge in [-0.2, -0.15) is 17.6 Å². The lowest BCUT2D eigenvalue weighted by Gasteiger charge is -2.31. The fraction of sp³-hybridized carbons (Fsp3) is 0.407. The van der Waals surface area contributed by atoms with Crippen LogP contribution in [-0.2, 0) is 19.8 Å². The van der Waals surface area contributed by atoms with Crippen LogP contribution in [0.2, 0.25) is 0 Å². The molecule has 5 aromatic rings. The summed E-state index contributed by atoms with van der Waals surface area (Å²) in [6.07, 6.45) is 12.7. The highest BCUT2D eigenvalue weighted by atomic mass is 31.2. The molecule has 0 aromatic heterocycles. The van der Waals surface area contributed by atoms with E-state index in [2.05, 4.69) is 18.4 Å². The van der Waals surface area contributed by atoms with Crippen LogP contribution in [0.5, 0.6) is 11.5 Å². The Morgan fingerprint density at radius 3 is 1.40 bits per heavy atom. The Morgan fingerprint density at radius 2 is 0.971 bits per heavy atom. The molecule has 0 saturated heterocycles. The van der Waals surface area contributed by atoms with Gasteiger partial charge in [0.1, 0.15) is 11.5 Å². The summed E-state index contributed by atoms with van der Waals surface area (Å²) in [5, 5.41) is 0.578. The van der Waals surface area contributed by atoms with E-state index in [0.29, 0.717) is 30.4 Å². The third-order valence-corrected chi connectivity index (χ3v) is 13.3. The highest BCUT2D eigenvalue weighted by molar-refractivity contribution is 7.54. The van der Waals surface area contributed by atoms with E-state index in [4.69, 9.17) is 14.3 Å². The van der Waals surface area contributed by atoms with Gasteiger partial charge < -0.3 is 23.7 Å². The molecule has 0 heterocycles. The molecule has 0 aliphatic carbocycles. The van der Waals surface area contributed by atoms with E-state index in [1.807, 2.05) is 48.5 Å². The van der Waals surface area contributed by atoms with Crippen molar-refractivity contribution in [3.8, 4) is 33.8 Å². The third-order valence-electron chi connectivity index (χ3n) is 11.6. The second-order valence-electron chi connectivity index (χ2n) is 16.9. The van der Waals surface area contributed by atoms with Crippen LogP contribution in [-0.4, -0.2) is 41.8 Å². The average Bonchev–Trinajstić information content (AvgIpc) is 3.35. The van der Waals surface area contributed by atoms with Crippen LogP contribution in [0.15, 0.2) is 121 Å². The first-order valence-corrected chi connectivity index (χ1v) is 25.3. The topological polar surface area (TPSA) is 112 Å². The first-order chi connectivity index (χ1) is 32.6. The Hall–Kier alpha value is -5.49. The van der Waals surface area contributed by atoms with Crippen LogP contribution in [0.25, 0.3) is 22.3 Å². The van der Waals surface area contributed by atoms with E-state index in [0.717, 1.165) is 71.6 Å². The van der Waals surface area contributed by atoms with Crippen molar-refractivity contribution in [3.05, 3.63) is 138 Å². The number of ether oxygens (including phenoxy) is 2. The minimum atomic E-state index is -6.20. The van der Waals surface area contributed by atoms with Crippen molar-refractivity contribution in [2.45, 2.75) is 129 Å². The van der Waals surface area contributed by atoms with Crippen LogP contribution in [0.1, 0.15) is 137 Å². The summed E-state index contributed by atoms with van der Waals surface area (Å²) in [5.41, 5.74) is -3.82. The number of alkyl halides is 4. The lowest BCUT2D eigenvalue weighted by atomic mass is 10.0. The molecule has 0 bridgehead atoms. The maximum absolute atomic E-state index is 15.4. The number of rotatable bonds is 27. The molecule has 68 heavy (non-hydrogen) atoms. The highest BCUT2D eigenvalue weighted by Gasteiger charge is 2.70. The molecule has 0 fully saturated rings. The van der Waals surface area contributed by atoms with Gasteiger partial charge in [0.25, 0.3) is 5.91 Å². The van der Waals surface area contributed by atoms with Crippen molar-refractivity contribution < 1.29 is 55.4 Å². The second kappa shape index (κ2) is 25.8. The van der Waals surface area contributed by atoms with Crippen LogP contribution in [0.4, 0.5) is 23.2 Å². The minimum Gasteiger partial charge on any atom is -0.494 e. The summed E-state index contributed by atoms with van der Waals surface area (Å²) >= 11 is 0. The summed E-state index contributed by atoms with van der Waals surface area (Å²) < 4.78 is 89.9. The summed E-state index contributed by atoms with van der Waals surface area (Å²) in [6, 6.07) is 30.7. The molecule has 1 amide bonds. The first kappa shape index (κ1) is 53.5. The lowest BCUT2D eigenvalue weighted by molar-refractivity contribution is -0.177. The van der Waals surface area contributed by atoms with E-state index in [-0.39, 0.29) is 23.2 Å². The fourth-order valence-electron chi connectivity index (χ4n) is 7.24. The number of carbonyl (C=O) groups excluding carboxylic acids is 2. The summed E-state index contributed by atoms with van der Waals surface area (Å²) in [6.45, 7) is 8.31. The Kier molecular flexibility index (Phi) is 20.3. The van der Waals surface area contributed by atoms with Gasteiger partial charge in [0.2, 0.25) is 0 Å². The Balaban J connectivity index is 1.33. The number of hydrogen-bond acceptors (Lipinski definition) is 7. The van der Waals surface area contributed by atoms with Gasteiger partial charge in [0, 0.05) is 11.1 Å². The Labute approximate surface area is 398 Å². The molecule has 2 unspecified atom stereocenters. The molecule has 0 spiro atoms. The number of carbonyl (C=O) groups is 2. The molecule has 0 saturated carbocycles. The SMILES string of the molecule is CCCCCCCCOc1ccc(-c2ccc(C(=O)ON(C(=O)c3ccc(-c4ccc(OCCCCCCCC)cc4)cc3)c3ccc(C(F)(F)C(F)(F)P(=O)(O)OC(C)CC)cc3)cc2)cc1. The summed E-state index contributed by atoms with van der Waals surface area (Å²) in [5.74, 6) is -5.58. The van der Waals surface area contributed by atoms with Gasteiger partial charge in [-0.05, 0) is 109 Å². The molecule has 0 aliphatic heterocycles. The van der Waals surface area contributed by atoms with Crippen molar-refractivity contribution in [1.82, 2.24) is 0 Å². The van der Waals surface area contributed by atoms with E-state index in [1.165, 1.54) is 89.5 Å². The van der Waals surface area contributed by atoms with Gasteiger partial charge in [-0.1, -0.05) is 146 Å². The van der Waals surface area contributed by atoms with Gasteiger partial charge >= 0.3 is 25.2 Å². The average molecular weight is 962 g/mol. The third kappa shape index (κ3) is 14.5. The van der Waals surface area contributed by atoms with Crippen molar-refractivity contribution in [3.63, 3.8) is 0 Å². The summed E-state index contributed by atoms with van der Waals surface area (Å²) in [7, 11) is -6.20. The molecule has 5 aromatic carbocycles. The molecule has 0 aliphatic rings. The van der Waals surface area contributed by atoms with Gasteiger partial charge in [0.05, 0.1) is 30.6 Å². The molecule has 5 rings (SSSR count). The summed E-state index contributed by atoms with van der Waals surface area (Å²) in [4.78, 5) is 43.5. The van der Waals surface area contributed by atoms with Crippen LogP contribution in [0.3, 0.4) is 0 Å². The molecule has 366 valence electrons. The minimum absolute atomic E-state index is 0.0152. The number of nitrogens with zero attached hydrogens (tertiary/aromatic N) is 1. The highest BCUT2D eigenvalue weighted by Crippen LogP contribution is 2.67. The van der Waals surface area contributed by atoms with Crippen LogP contribution in [0, 0.1) is 0 Å². The van der Waals surface area contributed by atoms with Crippen molar-refractivity contribution >= 4 is 25.2 Å². The number of hydroxylamine groups is 1. The van der Waals surface area contributed by atoms with Gasteiger partial charge in [0.15, 0.2) is 0 Å². The molecule has 9 nitrogen and oxygen atoms in total. The van der Waals surface area contributed by atoms with E-state index in [9.17, 15) is 19.0 Å². The van der Waals surface area contributed by atoms with E-state index >= 15 is 17.6 Å². The Morgan fingerprint density at radius 1 is 0.574 bits per heavy atom. The van der Waals surface area contributed by atoms with E-state index in [1.54, 1.807) is 24.3 Å². The number of anilines is 1. The number of halogens is 4. The van der Waals surface area contributed by atoms with Gasteiger partial charge in [-0.15, -0.1) is 5.06 Å². The largest absolute Gasteiger partial charge is 0.494 e. The van der Waals surface area contributed by atoms with Crippen molar-refractivity contribution in [2.24, 2.45) is 0 Å². The monoisotopic (exact) mass is 961 g/mol. The molecule has 0 radical (unpaired) electrons. The zero-order valence-corrected chi connectivity index (χ0v) is 40.3. The van der Waals surface area contributed by atoms with Crippen molar-refractivity contribution in [1.29, 1.82) is 0 Å². The molecular formula is C54H64F4NO8P. The van der Waals surface area contributed by atoms with Crippen molar-refractivity contribution in [2.75, 3.05) is 18.3 Å². The lowest BCUT2D eigenvalue weighted by Crippen LogP contribution is -2.39. The maximum Gasteiger partial charge on any atom is 0.411 e.